The summed E-state index contributed by atoms with van der Waals surface area (Å²) in [4.78, 5) is 16.3. The Balaban J connectivity index is 2.15. The molecule has 0 fully saturated rings. The SMILES string of the molecule is Cn1c(Cl)cnc1C=CC(=O)c1ccc(C(C)(C)C)cc1. The number of halogens is 1. The monoisotopic (exact) mass is 302 g/mol. The summed E-state index contributed by atoms with van der Waals surface area (Å²) >= 11 is 5.90. The molecule has 0 spiro atoms. The van der Waals surface area contributed by atoms with Gasteiger partial charge in [0.05, 0.1) is 6.20 Å². The highest BCUT2D eigenvalue weighted by atomic mass is 35.5. The number of carbonyl (C=O) groups excluding carboxylic acids is 1. The summed E-state index contributed by atoms with van der Waals surface area (Å²) in [5.41, 5.74) is 1.96. The number of imidazole rings is 1. The molecule has 0 aliphatic rings. The van der Waals surface area contributed by atoms with Gasteiger partial charge >= 0.3 is 0 Å². The van der Waals surface area contributed by atoms with Crippen LogP contribution < -0.4 is 0 Å². The van der Waals surface area contributed by atoms with Crippen LogP contribution in [0.25, 0.3) is 6.08 Å². The molecule has 2 aromatic rings. The minimum Gasteiger partial charge on any atom is -0.319 e. The Morgan fingerprint density at radius 3 is 2.33 bits per heavy atom. The van der Waals surface area contributed by atoms with Crippen molar-refractivity contribution in [1.29, 1.82) is 0 Å². The van der Waals surface area contributed by atoms with Gasteiger partial charge < -0.3 is 4.57 Å². The van der Waals surface area contributed by atoms with Gasteiger partial charge in [-0.1, -0.05) is 56.6 Å². The Labute approximate surface area is 130 Å². The highest BCUT2D eigenvalue weighted by Gasteiger charge is 2.13. The van der Waals surface area contributed by atoms with Crippen LogP contribution in [0.3, 0.4) is 0 Å². The van der Waals surface area contributed by atoms with Crippen LogP contribution in [0.1, 0.15) is 42.5 Å². The lowest BCUT2D eigenvalue weighted by molar-refractivity contribution is 0.104. The third-order valence-electron chi connectivity index (χ3n) is 3.39. The molecule has 0 bridgehead atoms. The zero-order valence-electron chi connectivity index (χ0n) is 12.7. The van der Waals surface area contributed by atoms with Crippen LogP contribution in [-0.2, 0) is 12.5 Å². The van der Waals surface area contributed by atoms with Gasteiger partial charge in [0.15, 0.2) is 5.78 Å². The molecule has 1 aromatic heterocycles. The van der Waals surface area contributed by atoms with Crippen molar-refractivity contribution in [2.45, 2.75) is 26.2 Å². The zero-order valence-corrected chi connectivity index (χ0v) is 13.5. The molecule has 0 radical (unpaired) electrons. The van der Waals surface area contributed by atoms with Crippen LogP contribution in [0.2, 0.25) is 5.15 Å². The van der Waals surface area contributed by atoms with E-state index in [-0.39, 0.29) is 11.2 Å². The molecule has 110 valence electrons. The topological polar surface area (TPSA) is 34.9 Å². The van der Waals surface area contributed by atoms with Gasteiger partial charge in [0.2, 0.25) is 0 Å². The molecule has 2 rings (SSSR count). The third kappa shape index (κ3) is 3.61. The normalized spacial score (nSPS) is 12.0. The standard InChI is InChI=1S/C17H19ClN2O/c1-17(2,3)13-7-5-12(6-8-13)14(21)9-10-16-19-11-15(18)20(16)4/h5-11H,1-4H3. The smallest absolute Gasteiger partial charge is 0.185 e. The molecule has 1 heterocycles. The Bertz CT molecular complexity index is 676. The van der Waals surface area contributed by atoms with Crippen LogP contribution in [-0.4, -0.2) is 15.3 Å². The number of allylic oxidation sites excluding steroid dienone is 1. The second-order valence-electron chi connectivity index (χ2n) is 6.02. The molecular formula is C17H19ClN2O. The molecule has 4 heteroatoms. The van der Waals surface area contributed by atoms with Crippen molar-refractivity contribution in [2.75, 3.05) is 0 Å². The van der Waals surface area contributed by atoms with E-state index in [1.165, 1.54) is 11.6 Å². The largest absolute Gasteiger partial charge is 0.319 e. The molecule has 0 atom stereocenters. The van der Waals surface area contributed by atoms with Gasteiger partial charge in [0, 0.05) is 12.6 Å². The van der Waals surface area contributed by atoms with E-state index in [4.69, 9.17) is 11.6 Å². The molecule has 21 heavy (non-hydrogen) atoms. The van der Waals surface area contributed by atoms with E-state index in [0.717, 1.165) is 0 Å². The van der Waals surface area contributed by atoms with Crippen LogP contribution in [0.5, 0.6) is 0 Å². The summed E-state index contributed by atoms with van der Waals surface area (Å²) in [5, 5.41) is 0.539. The predicted octanol–water partition coefficient (Wildman–Crippen LogP) is 4.27. The maximum absolute atomic E-state index is 12.1. The summed E-state index contributed by atoms with van der Waals surface area (Å²) in [5.74, 6) is 0.606. The van der Waals surface area contributed by atoms with Gasteiger partial charge in [-0.2, -0.15) is 0 Å². The quantitative estimate of drug-likeness (QED) is 0.627. The van der Waals surface area contributed by atoms with E-state index >= 15 is 0 Å². The Hall–Kier alpha value is -1.87. The average molecular weight is 303 g/mol. The van der Waals surface area contributed by atoms with Crippen LogP contribution in [0.15, 0.2) is 36.5 Å². The van der Waals surface area contributed by atoms with Crippen molar-refractivity contribution in [1.82, 2.24) is 9.55 Å². The Kier molecular flexibility index (Phi) is 4.33. The lowest BCUT2D eigenvalue weighted by atomic mass is 9.86. The first-order valence-electron chi connectivity index (χ1n) is 6.79. The molecule has 0 aliphatic heterocycles. The second-order valence-corrected chi connectivity index (χ2v) is 6.41. The fourth-order valence-corrected chi connectivity index (χ4v) is 2.07. The highest BCUT2D eigenvalue weighted by molar-refractivity contribution is 6.29. The highest BCUT2D eigenvalue weighted by Crippen LogP contribution is 2.22. The van der Waals surface area contributed by atoms with Gasteiger partial charge in [-0.25, -0.2) is 4.98 Å². The van der Waals surface area contributed by atoms with Gasteiger partial charge in [-0.15, -0.1) is 0 Å². The maximum Gasteiger partial charge on any atom is 0.185 e. The number of ketones is 1. The number of carbonyl (C=O) groups is 1. The van der Waals surface area contributed by atoms with E-state index in [1.807, 2.05) is 24.3 Å². The predicted molar refractivity (Wildman–Crippen MR) is 86.7 cm³/mol. The van der Waals surface area contributed by atoms with E-state index in [1.54, 1.807) is 23.9 Å². The van der Waals surface area contributed by atoms with Crippen LogP contribution in [0.4, 0.5) is 0 Å². The first-order valence-corrected chi connectivity index (χ1v) is 7.17. The van der Waals surface area contributed by atoms with Gasteiger partial charge in [0.25, 0.3) is 0 Å². The molecule has 0 amide bonds. The average Bonchev–Trinajstić information content (AvgIpc) is 2.75. The fraction of sp³-hybridized carbons (Fsp3) is 0.294. The molecule has 0 saturated heterocycles. The van der Waals surface area contributed by atoms with Crippen molar-refractivity contribution in [3.63, 3.8) is 0 Å². The van der Waals surface area contributed by atoms with Gasteiger partial charge in [-0.05, 0) is 23.1 Å². The van der Waals surface area contributed by atoms with Crippen molar-refractivity contribution in [3.05, 3.63) is 58.6 Å². The van der Waals surface area contributed by atoms with Crippen molar-refractivity contribution in [3.8, 4) is 0 Å². The van der Waals surface area contributed by atoms with Crippen molar-refractivity contribution >= 4 is 23.5 Å². The third-order valence-corrected chi connectivity index (χ3v) is 3.74. The maximum atomic E-state index is 12.1. The van der Waals surface area contributed by atoms with E-state index in [9.17, 15) is 4.79 Å². The zero-order chi connectivity index (χ0) is 15.6. The molecule has 0 aliphatic carbocycles. The van der Waals surface area contributed by atoms with E-state index in [2.05, 4.69) is 25.8 Å². The first-order chi connectivity index (χ1) is 9.79. The number of hydrogen-bond donors (Lipinski definition) is 0. The fourth-order valence-electron chi connectivity index (χ4n) is 1.94. The number of benzene rings is 1. The minimum absolute atomic E-state index is 0.0467. The molecule has 0 saturated carbocycles. The van der Waals surface area contributed by atoms with Gasteiger partial charge in [-0.3, -0.25) is 4.79 Å². The number of nitrogens with zero attached hydrogens (tertiary/aromatic N) is 2. The molecule has 1 aromatic carbocycles. The Morgan fingerprint density at radius 1 is 1.24 bits per heavy atom. The first kappa shape index (κ1) is 15.5. The molecule has 0 N–H and O–H groups in total. The second kappa shape index (κ2) is 5.86. The summed E-state index contributed by atoms with van der Waals surface area (Å²) in [6.07, 6.45) is 4.75. The van der Waals surface area contributed by atoms with Gasteiger partial charge in [0.1, 0.15) is 11.0 Å². The summed E-state index contributed by atoms with van der Waals surface area (Å²) in [7, 11) is 1.80. The number of hydrogen-bond acceptors (Lipinski definition) is 2. The lowest BCUT2D eigenvalue weighted by Gasteiger charge is -2.18. The number of aromatic nitrogens is 2. The Morgan fingerprint density at radius 2 is 1.86 bits per heavy atom. The van der Waals surface area contributed by atoms with Crippen molar-refractivity contribution < 1.29 is 4.79 Å². The van der Waals surface area contributed by atoms with E-state index < -0.39 is 0 Å². The number of rotatable bonds is 3. The summed E-state index contributed by atoms with van der Waals surface area (Å²) < 4.78 is 1.72. The molecule has 3 nitrogen and oxygen atoms in total. The van der Waals surface area contributed by atoms with Crippen LogP contribution >= 0.6 is 11.6 Å². The summed E-state index contributed by atoms with van der Waals surface area (Å²) in [6.45, 7) is 6.44. The van der Waals surface area contributed by atoms with E-state index in [0.29, 0.717) is 16.5 Å². The van der Waals surface area contributed by atoms with Crippen LogP contribution in [0, 0.1) is 0 Å². The lowest BCUT2D eigenvalue weighted by Crippen LogP contribution is -2.11. The van der Waals surface area contributed by atoms with Crippen molar-refractivity contribution in [2.24, 2.45) is 7.05 Å². The summed E-state index contributed by atoms with van der Waals surface area (Å²) in [6, 6.07) is 7.72. The molecule has 0 unspecified atom stereocenters. The minimum atomic E-state index is -0.0467. The molecular weight excluding hydrogens is 284 g/mol.